The van der Waals surface area contributed by atoms with E-state index in [9.17, 15) is 0 Å². The van der Waals surface area contributed by atoms with Crippen LogP contribution in [0, 0.1) is 0 Å². The summed E-state index contributed by atoms with van der Waals surface area (Å²) in [5, 5.41) is 3.57. The molecule has 1 aliphatic heterocycles. The van der Waals surface area contributed by atoms with Crippen molar-refractivity contribution in [1.29, 1.82) is 0 Å². The number of nitrogen functional groups attached to an aromatic ring is 1. The van der Waals surface area contributed by atoms with E-state index in [-0.39, 0.29) is 0 Å². The summed E-state index contributed by atoms with van der Waals surface area (Å²) in [7, 11) is 1.67. The van der Waals surface area contributed by atoms with E-state index in [1.165, 1.54) is 37.8 Å². The minimum Gasteiger partial charge on any atom is -0.497 e. The summed E-state index contributed by atoms with van der Waals surface area (Å²) in [6, 6.07) is 6.64. The molecule has 0 radical (unpaired) electrons. The van der Waals surface area contributed by atoms with Gasteiger partial charge < -0.3 is 15.8 Å². The van der Waals surface area contributed by atoms with Crippen LogP contribution in [-0.2, 0) is 6.42 Å². The van der Waals surface area contributed by atoms with Crippen molar-refractivity contribution < 1.29 is 4.74 Å². The lowest BCUT2D eigenvalue weighted by atomic mass is 9.97. The molecule has 0 spiro atoms. The second kappa shape index (κ2) is 5.92. The van der Waals surface area contributed by atoms with Gasteiger partial charge in [-0.1, -0.05) is 12.5 Å². The van der Waals surface area contributed by atoms with E-state index in [4.69, 9.17) is 10.5 Å². The van der Waals surface area contributed by atoms with Gasteiger partial charge in [0.15, 0.2) is 0 Å². The number of hydrogen-bond acceptors (Lipinski definition) is 3. The number of methoxy groups -OCH3 is 1. The van der Waals surface area contributed by atoms with E-state index in [1.54, 1.807) is 7.11 Å². The Morgan fingerprint density at radius 2 is 2.29 bits per heavy atom. The molecular weight excluding hydrogens is 212 g/mol. The highest BCUT2D eigenvalue weighted by molar-refractivity contribution is 5.51. The van der Waals surface area contributed by atoms with Gasteiger partial charge in [-0.2, -0.15) is 0 Å². The number of nitrogens with one attached hydrogen (secondary N) is 1. The maximum Gasteiger partial charge on any atom is 0.120 e. The van der Waals surface area contributed by atoms with Gasteiger partial charge in [0, 0.05) is 17.8 Å². The summed E-state index contributed by atoms with van der Waals surface area (Å²) >= 11 is 0. The fourth-order valence-corrected chi connectivity index (χ4v) is 2.43. The van der Waals surface area contributed by atoms with Crippen LogP contribution in [0.3, 0.4) is 0 Å². The molecule has 1 aromatic carbocycles. The first kappa shape index (κ1) is 12.2. The number of rotatable bonds is 4. The van der Waals surface area contributed by atoms with E-state index >= 15 is 0 Å². The zero-order valence-corrected chi connectivity index (χ0v) is 10.5. The molecule has 0 saturated carbocycles. The highest BCUT2D eigenvalue weighted by atomic mass is 16.5. The average molecular weight is 234 g/mol. The maximum absolute atomic E-state index is 6.01. The van der Waals surface area contributed by atoms with E-state index in [0.29, 0.717) is 6.04 Å². The Morgan fingerprint density at radius 1 is 1.41 bits per heavy atom. The van der Waals surface area contributed by atoms with Crippen molar-refractivity contribution in [2.45, 2.75) is 38.1 Å². The molecule has 3 heteroatoms. The molecule has 0 aromatic heterocycles. The number of nitrogens with two attached hydrogens (primary N) is 1. The Balaban J connectivity index is 1.89. The third-order valence-corrected chi connectivity index (χ3v) is 3.53. The lowest BCUT2D eigenvalue weighted by Crippen LogP contribution is -2.34. The van der Waals surface area contributed by atoms with Crippen molar-refractivity contribution in [3.8, 4) is 5.75 Å². The van der Waals surface area contributed by atoms with E-state index in [2.05, 4.69) is 11.4 Å². The topological polar surface area (TPSA) is 47.3 Å². The van der Waals surface area contributed by atoms with Crippen molar-refractivity contribution in [3.63, 3.8) is 0 Å². The summed E-state index contributed by atoms with van der Waals surface area (Å²) in [5.74, 6) is 0.835. The maximum atomic E-state index is 6.01. The molecule has 1 fully saturated rings. The van der Waals surface area contributed by atoms with Gasteiger partial charge in [-0.15, -0.1) is 0 Å². The van der Waals surface area contributed by atoms with Gasteiger partial charge in [0.2, 0.25) is 0 Å². The molecule has 1 unspecified atom stereocenters. The molecule has 0 bridgehead atoms. The molecule has 3 nitrogen and oxygen atoms in total. The monoisotopic (exact) mass is 234 g/mol. The van der Waals surface area contributed by atoms with Crippen molar-refractivity contribution >= 4 is 5.69 Å². The summed E-state index contributed by atoms with van der Waals surface area (Å²) in [6.45, 7) is 1.17. The first-order chi connectivity index (χ1) is 8.29. The molecular formula is C14H22N2O. The highest BCUT2D eigenvalue weighted by Crippen LogP contribution is 2.22. The number of hydrogen-bond donors (Lipinski definition) is 2. The van der Waals surface area contributed by atoms with E-state index in [0.717, 1.165) is 17.9 Å². The van der Waals surface area contributed by atoms with Gasteiger partial charge in [-0.05, 0) is 43.9 Å². The number of ether oxygens (including phenoxy) is 1. The van der Waals surface area contributed by atoms with Gasteiger partial charge in [0.25, 0.3) is 0 Å². The lowest BCUT2D eigenvalue weighted by Gasteiger charge is -2.23. The summed E-state index contributed by atoms with van der Waals surface area (Å²) < 4.78 is 5.15. The predicted molar refractivity (Wildman–Crippen MR) is 71.4 cm³/mol. The van der Waals surface area contributed by atoms with E-state index < -0.39 is 0 Å². The van der Waals surface area contributed by atoms with Gasteiger partial charge in [0.1, 0.15) is 5.75 Å². The normalized spacial score (nSPS) is 20.2. The summed E-state index contributed by atoms with van der Waals surface area (Å²) in [6.07, 6.45) is 6.21. The number of anilines is 1. The van der Waals surface area contributed by atoms with Crippen LogP contribution in [0.25, 0.3) is 0 Å². The lowest BCUT2D eigenvalue weighted by molar-refractivity contribution is 0.383. The third kappa shape index (κ3) is 3.37. The van der Waals surface area contributed by atoms with Crippen LogP contribution < -0.4 is 15.8 Å². The van der Waals surface area contributed by atoms with E-state index in [1.807, 2.05) is 12.1 Å². The van der Waals surface area contributed by atoms with Crippen LogP contribution in [0.2, 0.25) is 0 Å². The molecule has 1 heterocycles. The fraction of sp³-hybridized carbons (Fsp3) is 0.571. The molecule has 2 rings (SSSR count). The van der Waals surface area contributed by atoms with Crippen LogP contribution in [0.5, 0.6) is 5.75 Å². The first-order valence-corrected chi connectivity index (χ1v) is 6.45. The van der Waals surface area contributed by atoms with Crippen molar-refractivity contribution in [3.05, 3.63) is 23.8 Å². The SMILES string of the molecule is COc1ccc(CCC2CCCCN2)c(N)c1. The fourth-order valence-electron chi connectivity index (χ4n) is 2.43. The highest BCUT2D eigenvalue weighted by Gasteiger charge is 2.12. The molecule has 17 heavy (non-hydrogen) atoms. The Bertz CT molecular complexity index is 359. The van der Waals surface area contributed by atoms with Crippen LogP contribution in [0.15, 0.2) is 18.2 Å². The van der Waals surface area contributed by atoms with Gasteiger partial charge in [-0.3, -0.25) is 0 Å². The zero-order valence-electron chi connectivity index (χ0n) is 10.5. The third-order valence-electron chi connectivity index (χ3n) is 3.53. The van der Waals surface area contributed by atoms with Crippen molar-refractivity contribution in [2.24, 2.45) is 0 Å². The summed E-state index contributed by atoms with van der Waals surface area (Å²) in [5.41, 5.74) is 8.09. The standard InChI is InChI=1S/C14H22N2O/c1-17-13-8-6-11(14(15)10-13)5-7-12-4-2-3-9-16-12/h6,8,10,12,16H,2-5,7,9,15H2,1H3. The molecule has 1 aliphatic rings. The van der Waals surface area contributed by atoms with Gasteiger partial charge >= 0.3 is 0 Å². The summed E-state index contributed by atoms with van der Waals surface area (Å²) in [4.78, 5) is 0. The Hall–Kier alpha value is -1.22. The smallest absolute Gasteiger partial charge is 0.120 e. The molecule has 1 atom stereocenters. The Kier molecular flexibility index (Phi) is 4.26. The number of aryl methyl sites for hydroxylation is 1. The Labute approximate surface area is 103 Å². The van der Waals surface area contributed by atoms with Crippen molar-refractivity contribution in [1.82, 2.24) is 5.32 Å². The molecule has 3 N–H and O–H groups in total. The number of benzene rings is 1. The van der Waals surface area contributed by atoms with Crippen LogP contribution in [0.1, 0.15) is 31.2 Å². The zero-order chi connectivity index (χ0) is 12.1. The average Bonchev–Trinajstić information content (AvgIpc) is 2.38. The van der Waals surface area contributed by atoms with Gasteiger partial charge in [-0.25, -0.2) is 0 Å². The first-order valence-electron chi connectivity index (χ1n) is 6.45. The molecule has 1 saturated heterocycles. The van der Waals surface area contributed by atoms with Crippen LogP contribution in [-0.4, -0.2) is 19.7 Å². The second-order valence-electron chi connectivity index (χ2n) is 4.75. The predicted octanol–water partition coefficient (Wildman–Crippen LogP) is 2.35. The van der Waals surface area contributed by atoms with Crippen LogP contribution in [0.4, 0.5) is 5.69 Å². The van der Waals surface area contributed by atoms with Crippen LogP contribution >= 0.6 is 0 Å². The second-order valence-corrected chi connectivity index (χ2v) is 4.75. The van der Waals surface area contributed by atoms with Crippen molar-refractivity contribution in [2.75, 3.05) is 19.4 Å². The number of piperidine rings is 1. The molecule has 1 aromatic rings. The molecule has 94 valence electrons. The minimum atomic E-state index is 0.672. The largest absolute Gasteiger partial charge is 0.497 e. The van der Waals surface area contributed by atoms with Gasteiger partial charge in [0.05, 0.1) is 7.11 Å². The molecule has 0 aliphatic carbocycles. The minimum absolute atomic E-state index is 0.672. The molecule has 0 amide bonds. The Morgan fingerprint density at radius 3 is 2.94 bits per heavy atom. The quantitative estimate of drug-likeness (QED) is 0.786.